The van der Waals surface area contributed by atoms with Crippen LogP contribution >= 0.6 is 22.9 Å². The molecule has 0 fully saturated rings. The van der Waals surface area contributed by atoms with Crippen LogP contribution in [0.25, 0.3) is 0 Å². The van der Waals surface area contributed by atoms with E-state index in [1.165, 1.54) is 20.2 Å². The Labute approximate surface area is 144 Å². The zero-order valence-corrected chi connectivity index (χ0v) is 14.9. The van der Waals surface area contributed by atoms with Crippen LogP contribution in [0.5, 0.6) is 0 Å². The molecule has 0 spiro atoms. The maximum atomic E-state index is 12.0. The summed E-state index contributed by atoms with van der Waals surface area (Å²) >= 11 is 6.90. The SMILES string of the molecule is CN(C)S(=O)(=O)c1ccc(CNC(=O)Nc2ccc(Cl)cc2)s1. The highest BCUT2D eigenvalue weighted by molar-refractivity contribution is 7.91. The number of sulfonamides is 1. The summed E-state index contributed by atoms with van der Waals surface area (Å²) in [5, 5.41) is 5.93. The highest BCUT2D eigenvalue weighted by atomic mass is 35.5. The van der Waals surface area contributed by atoms with Gasteiger partial charge in [0.05, 0.1) is 6.54 Å². The molecule has 2 N–H and O–H groups in total. The summed E-state index contributed by atoms with van der Waals surface area (Å²) < 4.78 is 25.4. The molecule has 0 saturated heterocycles. The van der Waals surface area contributed by atoms with Crippen molar-refractivity contribution in [3.8, 4) is 0 Å². The average Bonchev–Trinajstić information content (AvgIpc) is 2.97. The molecule has 2 rings (SSSR count). The van der Waals surface area contributed by atoms with Crippen molar-refractivity contribution in [2.75, 3.05) is 19.4 Å². The Morgan fingerprint density at radius 2 is 1.83 bits per heavy atom. The number of amides is 2. The van der Waals surface area contributed by atoms with E-state index in [4.69, 9.17) is 11.6 Å². The molecule has 0 radical (unpaired) electrons. The maximum absolute atomic E-state index is 12.0. The average molecular weight is 374 g/mol. The van der Waals surface area contributed by atoms with Crippen LogP contribution in [0.15, 0.2) is 40.6 Å². The standard InChI is InChI=1S/C14H16ClN3O3S2/c1-18(2)23(20,21)13-8-7-12(22-13)9-16-14(19)17-11-5-3-10(15)4-6-11/h3-8H,9H2,1-2H3,(H2,16,17,19). The molecule has 2 amide bonds. The number of nitrogens with one attached hydrogen (secondary N) is 2. The van der Waals surface area contributed by atoms with Gasteiger partial charge in [-0.3, -0.25) is 0 Å². The Balaban J connectivity index is 1.92. The van der Waals surface area contributed by atoms with Gasteiger partial charge < -0.3 is 10.6 Å². The lowest BCUT2D eigenvalue weighted by Gasteiger charge is -2.08. The molecule has 124 valence electrons. The normalized spacial score (nSPS) is 11.5. The van der Waals surface area contributed by atoms with Crippen molar-refractivity contribution < 1.29 is 13.2 Å². The summed E-state index contributed by atoms with van der Waals surface area (Å²) in [6.45, 7) is 0.243. The van der Waals surface area contributed by atoms with Gasteiger partial charge in [0, 0.05) is 29.7 Å². The molecule has 2 aromatic rings. The fourth-order valence-corrected chi connectivity index (χ4v) is 4.24. The minimum absolute atomic E-state index is 0.243. The van der Waals surface area contributed by atoms with Gasteiger partial charge in [0.1, 0.15) is 4.21 Å². The molecule has 0 saturated carbocycles. The number of urea groups is 1. The lowest BCUT2D eigenvalue weighted by Crippen LogP contribution is -2.27. The molecular weight excluding hydrogens is 358 g/mol. The van der Waals surface area contributed by atoms with Crippen molar-refractivity contribution in [1.29, 1.82) is 0 Å². The van der Waals surface area contributed by atoms with Crippen LogP contribution in [0.4, 0.5) is 10.5 Å². The number of carbonyl (C=O) groups excluding carboxylic acids is 1. The van der Waals surface area contributed by atoms with Crippen LogP contribution in [0.1, 0.15) is 4.88 Å². The number of carbonyl (C=O) groups is 1. The lowest BCUT2D eigenvalue weighted by molar-refractivity contribution is 0.252. The molecule has 0 unspecified atom stereocenters. The second kappa shape index (κ2) is 7.31. The van der Waals surface area contributed by atoms with E-state index in [0.29, 0.717) is 10.7 Å². The topological polar surface area (TPSA) is 78.5 Å². The van der Waals surface area contributed by atoms with Gasteiger partial charge in [0.25, 0.3) is 10.0 Å². The number of benzene rings is 1. The van der Waals surface area contributed by atoms with Gasteiger partial charge in [-0.25, -0.2) is 17.5 Å². The summed E-state index contributed by atoms with van der Waals surface area (Å²) in [6.07, 6.45) is 0. The van der Waals surface area contributed by atoms with E-state index in [1.807, 2.05) is 0 Å². The number of rotatable bonds is 5. The number of halogens is 1. The maximum Gasteiger partial charge on any atom is 0.319 e. The van der Waals surface area contributed by atoms with Gasteiger partial charge in [0.2, 0.25) is 0 Å². The zero-order chi connectivity index (χ0) is 17.0. The number of anilines is 1. The smallest absolute Gasteiger partial charge is 0.319 e. The van der Waals surface area contributed by atoms with Gasteiger partial charge >= 0.3 is 6.03 Å². The third kappa shape index (κ3) is 4.68. The fraction of sp³-hybridized carbons (Fsp3) is 0.214. The predicted octanol–water partition coefficient (Wildman–Crippen LogP) is 2.97. The van der Waals surface area contributed by atoms with Crippen LogP contribution < -0.4 is 10.6 Å². The van der Waals surface area contributed by atoms with Crippen LogP contribution in [0.2, 0.25) is 5.02 Å². The molecule has 0 aliphatic heterocycles. The summed E-state index contributed by atoms with van der Waals surface area (Å²) in [5.41, 5.74) is 0.619. The molecule has 1 heterocycles. The predicted molar refractivity (Wildman–Crippen MR) is 92.5 cm³/mol. The number of hydrogen-bond acceptors (Lipinski definition) is 4. The lowest BCUT2D eigenvalue weighted by atomic mass is 10.3. The van der Waals surface area contributed by atoms with E-state index in [-0.39, 0.29) is 16.8 Å². The monoisotopic (exact) mass is 373 g/mol. The van der Waals surface area contributed by atoms with Crippen LogP contribution in [0, 0.1) is 0 Å². The van der Waals surface area contributed by atoms with Crippen molar-refractivity contribution in [1.82, 2.24) is 9.62 Å². The van der Waals surface area contributed by atoms with Crippen molar-refractivity contribution in [3.63, 3.8) is 0 Å². The quantitative estimate of drug-likeness (QED) is 0.845. The Kier molecular flexibility index (Phi) is 5.64. The second-order valence-electron chi connectivity index (χ2n) is 4.82. The van der Waals surface area contributed by atoms with Gasteiger partial charge in [-0.2, -0.15) is 0 Å². The summed E-state index contributed by atoms with van der Waals surface area (Å²) in [7, 11) is -0.479. The van der Waals surface area contributed by atoms with E-state index in [0.717, 1.165) is 20.5 Å². The summed E-state index contributed by atoms with van der Waals surface area (Å²) in [5.74, 6) is 0. The third-order valence-corrected chi connectivity index (χ3v) is 6.52. The van der Waals surface area contributed by atoms with Crippen molar-refractivity contribution in [2.45, 2.75) is 10.8 Å². The number of hydrogen-bond donors (Lipinski definition) is 2. The van der Waals surface area contributed by atoms with Crippen molar-refractivity contribution in [3.05, 3.63) is 46.3 Å². The third-order valence-electron chi connectivity index (χ3n) is 2.90. The van der Waals surface area contributed by atoms with Crippen LogP contribution in [-0.2, 0) is 16.6 Å². The molecule has 1 aromatic heterocycles. The molecule has 9 heteroatoms. The minimum atomic E-state index is -3.44. The van der Waals surface area contributed by atoms with E-state index >= 15 is 0 Å². The Hall–Kier alpha value is -1.61. The first-order chi connectivity index (χ1) is 10.8. The summed E-state index contributed by atoms with van der Waals surface area (Å²) in [4.78, 5) is 12.6. The molecule has 0 aliphatic rings. The first kappa shape index (κ1) is 17.7. The number of thiophene rings is 1. The first-order valence-corrected chi connectivity index (χ1v) is 9.24. The first-order valence-electron chi connectivity index (χ1n) is 6.60. The molecule has 0 atom stereocenters. The second-order valence-corrected chi connectivity index (χ2v) is 8.81. The van der Waals surface area contributed by atoms with Gasteiger partial charge in [0.15, 0.2) is 0 Å². The number of nitrogens with zero attached hydrogens (tertiary/aromatic N) is 1. The van der Waals surface area contributed by atoms with E-state index in [2.05, 4.69) is 10.6 Å². The zero-order valence-electron chi connectivity index (χ0n) is 12.5. The largest absolute Gasteiger partial charge is 0.333 e. The molecule has 0 aliphatic carbocycles. The highest BCUT2D eigenvalue weighted by Gasteiger charge is 2.19. The highest BCUT2D eigenvalue weighted by Crippen LogP contribution is 2.23. The van der Waals surface area contributed by atoms with E-state index in [1.54, 1.807) is 30.3 Å². The minimum Gasteiger partial charge on any atom is -0.333 e. The van der Waals surface area contributed by atoms with Gasteiger partial charge in [-0.15, -0.1) is 11.3 Å². The van der Waals surface area contributed by atoms with Crippen molar-refractivity contribution in [2.24, 2.45) is 0 Å². The van der Waals surface area contributed by atoms with Gasteiger partial charge in [-0.1, -0.05) is 11.6 Å². The Bertz CT molecular complexity index is 786. The van der Waals surface area contributed by atoms with E-state index < -0.39 is 10.0 Å². The Morgan fingerprint density at radius 3 is 2.43 bits per heavy atom. The van der Waals surface area contributed by atoms with Crippen LogP contribution in [0.3, 0.4) is 0 Å². The molecular formula is C14H16ClN3O3S2. The van der Waals surface area contributed by atoms with Crippen LogP contribution in [-0.4, -0.2) is 32.8 Å². The molecule has 6 nitrogen and oxygen atoms in total. The molecule has 1 aromatic carbocycles. The molecule has 0 bridgehead atoms. The van der Waals surface area contributed by atoms with E-state index in [9.17, 15) is 13.2 Å². The van der Waals surface area contributed by atoms with Crippen molar-refractivity contribution >= 4 is 44.7 Å². The summed E-state index contributed by atoms with van der Waals surface area (Å²) in [6, 6.07) is 9.57. The van der Waals surface area contributed by atoms with Gasteiger partial charge in [-0.05, 0) is 36.4 Å². The fourth-order valence-electron chi connectivity index (χ4n) is 1.65. The Morgan fingerprint density at radius 1 is 1.17 bits per heavy atom. The molecule has 23 heavy (non-hydrogen) atoms.